The highest BCUT2D eigenvalue weighted by molar-refractivity contribution is 8.00. The predicted molar refractivity (Wildman–Crippen MR) is 120 cm³/mol. The Bertz CT molecular complexity index is 1350. The van der Waals surface area contributed by atoms with Crippen LogP contribution in [0, 0.1) is 11.6 Å². The van der Waals surface area contributed by atoms with E-state index in [0.717, 1.165) is 29.5 Å². The molecule has 0 aliphatic rings. The monoisotopic (exact) mass is 452 g/mol. The summed E-state index contributed by atoms with van der Waals surface area (Å²) in [6, 6.07) is 13.8. The molecule has 1 unspecified atom stereocenters. The molecule has 6 nitrogen and oxygen atoms in total. The number of rotatable bonds is 6. The quantitative estimate of drug-likeness (QED) is 0.350. The highest BCUT2D eigenvalue weighted by Gasteiger charge is 2.20. The van der Waals surface area contributed by atoms with E-state index in [9.17, 15) is 18.4 Å². The second-order valence-electron chi connectivity index (χ2n) is 7.04. The lowest BCUT2D eigenvalue weighted by molar-refractivity contribution is -0.115. The number of thioether (sulfide) groups is 1. The van der Waals surface area contributed by atoms with Gasteiger partial charge in [0.2, 0.25) is 5.91 Å². The van der Waals surface area contributed by atoms with E-state index in [4.69, 9.17) is 0 Å². The molecule has 0 radical (unpaired) electrons. The number of fused-ring (bicyclic) bond motifs is 1. The number of anilines is 1. The van der Waals surface area contributed by atoms with Gasteiger partial charge in [-0.3, -0.25) is 19.1 Å². The molecular formula is C23H18F2N4O2S. The molecule has 32 heavy (non-hydrogen) atoms. The predicted octanol–water partition coefficient (Wildman–Crippen LogP) is 4.24. The number of halogens is 2. The number of carbonyl (C=O) groups excluding carboxylic acids is 1. The van der Waals surface area contributed by atoms with Crippen LogP contribution in [0.25, 0.3) is 10.9 Å². The van der Waals surface area contributed by atoms with Crippen molar-refractivity contribution in [3.63, 3.8) is 0 Å². The molecule has 4 rings (SSSR count). The van der Waals surface area contributed by atoms with Gasteiger partial charge in [0.1, 0.15) is 0 Å². The lowest BCUT2D eigenvalue weighted by Crippen LogP contribution is -2.27. The first-order valence-electron chi connectivity index (χ1n) is 9.73. The number of benzene rings is 2. The number of para-hydroxylation sites is 1. The standard InChI is InChI=1S/C23H18F2N4O2S/c1-14(21(30)27-16-8-9-18(24)19(25)11-16)32-23-28-20-7-3-2-6-17(20)22(31)29(23)13-15-5-4-10-26-12-15/h2-12,14H,13H2,1H3,(H,27,30). The van der Waals surface area contributed by atoms with E-state index in [1.54, 1.807) is 49.6 Å². The maximum atomic E-state index is 13.4. The maximum Gasteiger partial charge on any atom is 0.262 e. The first-order valence-corrected chi connectivity index (χ1v) is 10.6. The molecule has 1 amide bonds. The van der Waals surface area contributed by atoms with Crippen molar-refractivity contribution >= 4 is 34.3 Å². The number of hydrogen-bond acceptors (Lipinski definition) is 5. The molecule has 9 heteroatoms. The van der Waals surface area contributed by atoms with Crippen LogP contribution in [0.1, 0.15) is 12.5 Å². The van der Waals surface area contributed by atoms with Gasteiger partial charge in [0.15, 0.2) is 16.8 Å². The van der Waals surface area contributed by atoms with Crippen molar-refractivity contribution in [3.05, 3.63) is 94.5 Å². The van der Waals surface area contributed by atoms with E-state index in [0.29, 0.717) is 16.1 Å². The SMILES string of the molecule is CC(Sc1nc2ccccc2c(=O)n1Cc1cccnc1)C(=O)Nc1ccc(F)c(F)c1. The first kappa shape index (κ1) is 21.6. The van der Waals surface area contributed by atoms with Crippen molar-refractivity contribution in [3.8, 4) is 0 Å². The molecule has 162 valence electrons. The van der Waals surface area contributed by atoms with Crippen molar-refractivity contribution in [2.75, 3.05) is 5.32 Å². The fraction of sp³-hybridized carbons (Fsp3) is 0.130. The van der Waals surface area contributed by atoms with Crippen LogP contribution in [0.5, 0.6) is 0 Å². The van der Waals surface area contributed by atoms with Gasteiger partial charge < -0.3 is 5.32 Å². The average Bonchev–Trinajstić information content (AvgIpc) is 2.79. The van der Waals surface area contributed by atoms with E-state index in [1.165, 1.54) is 10.6 Å². The van der Waals surface area contributed by atoms with Gasteiger partial charge in [-0.15, -0.1) is 0 Å². The normalized spacial score (nSPS) is 12.0. The fourth-order valence-corrected chi connectivity index (χ4v) is 3.99. The molecule has 0 bridgehead atoms. The highest BCUT2D eigenvalue weighted by Crippen LogP contribution is 2.24. The Kier molecular flexibility index (Phi) is 6.27. The molecule has 1 atom stereocenters. The second-order valence-corrected chi connectivity index (χ2v) is 8.35. The molecule has 0 aliphatic heterocycles. The minimum absolute atomic E-state index is 0.139. The summed E-state index contributed by atoms with van der Waals surface area (Å²) in [6.45, 7) is 1.89. The number of pyridine rings is 1. The Morgan fingerprint density at radius 1 is 1.12 bits per heavy atom. The summed E-state index contributed by atoms with van der Waals surface area (Å²) in [4.78, 5) is 34.5. The van der Waals surface area contributed by atoms with Gasteiger partial charge in [0.25, 0.3) is 5.56 Å². The van der Waals surface area contributed by atoms with Crippen LogP contribution < -0.4 is 10.9 Å². The zero-order valence-corrected chi connectivity index (χ0v) is 17.8. The van der Waals surface area contributed by atoms with Crippen molar-refractivity contribution in [1.82, 2.24) is 14.5 Å². The lowest BCUT2D eigenvalue weighted by atomic mass is 10.2. The molecule has 2 heterocycles. The summed E-state index contributed by atoms with van der Waals surface area (Å²) < 4.78 is 28.1. The highest BCUT2D eigenvalue weighted by atomic mass is 32.2. The van der Waals surface area contributed by atoms with Crippen LogP contribution in [0.4, 0.5) is 14.5 Å². The van der Waals surface area contributed by atoms with E-state index in [1.807, 2.05) is 6.07 Å². The summed E-state index contributed by atoms with van der Waals surface area (Å²) >= 11 is 1.10. The zero-order chi connectivity index (χ0) is 22.7. The van der Waals surface area contributed by atoms with E-state index >= 15 is 0 Å². The second kappa shape index (κ2) is 9.27. The summed E-state index contributed by atoms with van der Waals surface area (Å²) in [7, 11) is 0. The molecular weight excluding hydrogens is 434 g/mol. The molecule has 0 aliphatic carbocycles. The molecule has 2 aromatic heterocycles. The van der Waals surface area contributed by atoms with E-state index < -0.39 is 22.8 Å². The molecule has 1 N–H and O–H groups in total. The Morgan fingerprint density at radius 3 is 2.69 bits per heavy atom. The van der Waals surface area contributed by atoms with E-state index in [-0.39, 0.29) is 17.8 Å². The Balaban J connectivity index is 1.64. The van der Waals surface area contributed by atoms with Gasteiger partial charge in [0.05, 0.1) is 22.7 Å². The summed E-state index contributed by atoms with van der Waals surface area (Å²) in [5.74, 6) is -2.48. The van der Waals surface area contributed by atoms with Gasteiger partial charge in [-0.1, -0.05) is 30.0 Å². The maximum absolute atomic E-state index is 13.4. The van der Waals surface area contributed by atoms with Crippen LogP contribution in [0.2, 0.25) is 0 Å². The topological polar surface area (TPSA) is 76.9 Å². The van der Waals surface area contributed by atoms with Crippen LogP contribution in [0.15, 0.2) is 76.9 Å². The smallest absolute Gasteiger partial charge is 0.262 e. The fourth-order valence-electron chi connectivity index (χ4n) is 3.08. The van der Waals surface area contributed by atoms with Crippen LogP contribution in [-0.4, -0.2) is 25.7 Å². The van der Waals surface area contributed by atoms with Gasteiger partial charge in [-0.2, -0.15) is 0 Å². The van der Waals surface area contributed by atoms with Crippen LogP contribution in [-0.2, 0) is 11.3 Å². The number of hydrogen-bond donors (Lipinski definition) is 1. The third kappa shape index (κ3) is 4.67. The van der Waals surface area contributed by atoms with Crippen LogP contribution in [0.3, 0.4) is 0 Å². The van der Waals surface area contributed by atoms with Gasteiger partial charge >= 0.3 is 0 Å². The Hall–Kier alpha value is -3.59. The minimum atomic E-state index is -1.05. The minimum Gasteiger partial charge on any atom is -0.325 e. The van der Waals surface area contributed by atoms with Crippen molar-refractivity contribution in [2.45, 2.75) is 23.9 Å². The van der Waals surface area contributed by atoms with Gasteiger partial charge in [-0.05, 0) is 42.8 Å². The molecule has 0 fully saturated rings. The molecule has 4 aromatic rings. The molecule has 2 aromatic carbocycles. The number of aromatic nitrogens is 3. The Labute approximate surface area is 186 Å². The van der Waals surface area contributed by atoms with Gasteiger partial charge in [0, 0.05) is 24.1 Å². The lowest BCUT2D eigenvalue weighted by Gasteiger charge is -2.16. The zero-order valence-electron chi connectivity index (χ0n) is 17.0. The molecule has 0 saturated heterocycles. The Morgan fingerprint density at radius 2 is 1.94 bits per heavy atom. The number of nitrogens with zero attached hydrogens (tertiary/aromatic N) is 3. The number of nitrogens with one attached hydrogen (secondary N) is 1. The largest absolute Gasteiger partial charge is 0.325 e. The van der Waals surface area contributed by atoms with E-state index in [2.05, 4.69) is 15.3 Å². The van der Waals surface area contributed by atoms with Gasteiger partial charge in [-0.25, -0.2) is 13.8 Å². The number of carbonyl (C=O) groups is 1. The summed E-state index contributed by atoms with van der Waals surface area (Å²) in [5.41, 5.74) is 1.25. The summed E-state index contributed by atoms with van der Waals surface area (Å²) in [6.07, 6.45) is 3.31. The molecule has 0 saturated carbocycles. The van der Waals surface area contributed by atoms with Crippen molar-refractivity contribution < 1.29 is 13.6 Å². The third-order valence-corrected chi connectivity index (χ3v) is 5.82. The number of amides is 1. The average molecular weight is 452 g/mol. The van der Waals surface area contributed by atoms with Crippen LogP contribution >= 0.6 is 11.8 Å². The van der Waals surface area contributed by atoms with Crippen molar-refractivity contribution in [2.24, 2.45) is 0 Å². The van der Waals surface area contributed by atoms with Crippen molar-refractivity contribution in [1.29, 1.82) is 0 Å². The third-order valence-electron chi connectivity index (χ3n) is 4.73. The first-order chi connectivity index (χ1) is 15.4. The summed E-state index contributed by atoms with van der Waals surface area (Å²) in [5, 5.41) is 2.73. The molecule has 0 spiro atoms.